The first kappa shape index (κ1) is 23.9. The molecule has 30 heavy (non-hydrogen) atoms. The molecule has 1 aromatic rings. The van der Waals surface area contributed by atoms with Crippen LogP contribution in [0.3, 0.4) is 0 Å². The van der Waals surface area contributed by atoms with Crippen LogP contribution in [0.4, 0.5) is 5.69 Å². The largest absolute Gasteiger partial charge is 0.419 e. The van der Waals surface area contributed by atoms with Crippen LogP contribution < -0.4 is 4.74 Å². The molecule has 1 aromatic carbocycles. The molecule has 1 heterocycles. The number of aryl methyl sites for hydroxylation is 1. The van der Waals surface area contributed by atoms with E-state index in [1.165, 1.54) is 28.8 Å². The lowest BCUT2D eigenvalue weighted by atomic mass is 10.2. The highest BCUT2D eigenvalue weighted by Gasteiger charge is 2.40. The third kappa shape index (κ3) is 6.83. The molecular formula is C21H28N2O6S. The molecule has 1 unspecified atom stereocenters. The van der Waals surface area contributed by atoms with Crippen molar-refractivity contribution in [3.05, 3.63) is 33.9 Å². The Kier molecular flexibility index (Phi) is 8.00. The Labute approximate surface area is 180 Å². The summed E-state index contributed by atoms with van der Waals surface area (Å²) in [4.78, 5) is 48.4. The van der Waals surface area contributed by atoms with Crippen molar-refractivity contribution < 1.29 is 24.0 Å². The van der Waals surface area contributed by atoms with E-state index in [-0.39, 0.29) is 46.1 Å². The van der Waals surface area contributed by atoms with E-state index in [4.69, 9.17) is 4.74 Å². The average Bonchev–Trinajstić information content (AvgIpc) is 2.88. The fourth-order valence-corrected chi connectivity index (χ4v) is 4.46. The molecule has 1 aliphatic rings. The van der Waals surface area contributed by atoms with E-state index in [0.717, 1.165) is 0 Å². The predicted molar refractivity (Wildman–Crippen MR) is 114 cm³/mol. The lowest BCUT2D eigenvalue weighted by Gasteiger charge is -2.21. The molecule has 2 rings (SSSR count). The van der Waals surface area contributed by atoms with Crippen LogP contribution in [0.1, 0.15) is 58.4 Å². The number of amides is 2. The van der Waals surface area contributed by atoms with Crippen LogP contribution in [0.2, 0.25) is 0 Å². The number of rotatable bonds is 9. The standard InChI is InChI=1S/C21H28N2O6S/c1-14-9-10-16(15(12-14)23(27)28)29-19(25)8-6-5-7-11-22-18(24)13-17(20(22)26)30-21(2,3)4/h9-10,12,17H,5-8,11,13H2,1-4H3. The van der Waals surface area contributed by atoms with Gasteiger partial charge in [-0.15, -0.1) is 11.8 Å². The number of nitro benzene ring substituents is 1. The SMILES string of the molecule is Cc1ccc(OC(=O)CCCCCN2C(=O)CC(SC(C)(C)C)C2=O)c([N+](=O)[O-])c1. The molecule has 1 atom stereocenters. The Bertz CT molecular complexity index is 833. The van der Waals surface area contributed by atoms with Crippen molar-refractivity contribution in [1.82, 2.24) is 4.90 Å². The van der Waals surface area contributed by atoms with E-state index in [1.54, 1.807) is 13.0 Å². The molecule has 1 fully saturated rings. The summed E-state index contributed by atoms with van der Waals surface area (Å²) < 4.78 is 5.04. The van der Waals surface area contributed by atoms with Gasteiger partial charge >= 0.3 is 11.7 Å². The zero-order valence-electron chi connectivity index (χ0n) is 17.8. The Morgan fingerprint density at radius 3 is 2.60 bits per heavy atom. The zero-order valence-corrected chi connectivity index (χ0v) is 18.6. The Balaban J connectivity index is 1.74. The van der Waals surface area contributed by atoms with Crippen molar-refractivity contribution >= 4 is 35.2 Å². The number of esters is 1. The number of thioether (sulfide) groups is 1. The highest BCUT2D eigenvalue weighted by Crippen LogP contribution is 2.34. The van der Waals surface area contributed by atoms with Crippen LogP contribution in [-0.2, 0) is 14.4 Å². The van der Waals surface area contributed by atoms with Crippen molar-refractivity contribution in [2.45, 2.75) is 69.8 Å². The summed E-state index contributed by atoms with van der Waals surface area (Å²) in [5.74, 6) is -0.887. The van der Waals surface area contributed by atoms with Crippen LogP contribution in [0.5, 0.6) is 5.75 Å². The minimum absolute atomic E-state index is 0.0637. The zero-order chi connectivity index (χ0) is 22.5. The number of imide groups is 1. The maximum Gasteiger partial charge on any atom is 0.311 e. The smallest absolute Gasteiger partial charge is 0.311 e. The number of likely N-dealkylation sites (tertiary alicyclic amines) is 1. The van der Waals surface area contributed by atoms with Gasteiger partial charge in [0.1, 0.15) is 0 Å². The van der Waals surface area contributed by atoms with Gasteiger partial charge in [0, 0.05) is 30.2 Å². The Morgan fingerprint density at radius 2 is 1.97 bits per heavy atom. The third-order valence-corrected chi connectivity index (χ3v) is 5.86. The number of unbranched alkanes of at least 4 members (excludes halogenated alkanes) is 2. The molecular weight excluding hydrogens is 408 g/mol. The van der Waals surface area contributed by atoms with E-state index in [9.17, 15) is 24.5 Å². The van der Waals surface area contributed by atoms with Crippen LogP contribution in [0.15, 0.2) is 18.2 Å². The molecule has 0 saturated carbocycles. The molecule has 164 valence electrons. The summed E-state index contributed by atoms with van der Waals surface area (Å²) >= 11 is 1.51. The van der Waals surface area contributed by atoms with Gasteiger partial charge in [-0.05, 0) is 31.4 Å². The van der Waals surface area contributed by atoms with Gasteiger partial charge < -0.3 is 4.74 Å². The van der Waals surface area contributed by atoms with E-state index in [0.29, 0.717) is 31.4 Å². The maximum absolute atomic E-state index is 12.4. The lowest BCUT2D eigenvalue weighted by molar-refractivity contribution is -0.385. The number of nitrogens with zero attached hydrogens (tertiary/aromatic N) is 2. The van der Waals surface area contributed by atoms with Crippen molar-refractivity contribution in [3.8, 4) is 5.75 Å². The number of carbonyl (C=O) groups is 3. The molecule has 1 saturated heterocycles. The predicted octanol–water partition coefficient (Wildman–Crippen LogP) is 4.03. The summed E-state index contributed by atoms with van der Waals surface area (Å²) in [6.45, 7) is 8.11. The quantitative estimate of drug-likeness (QED) is 0.144. The average molecular weight is 437 g/mol. The molecule has 0 spiro atoms. The van der Waals surface area contributed by atoms with Crippen molar-refractivity contribution in [3.63, 3.8) is 0 Å². The second-order valence-electron chi connectivity index (χ2n) is 8.32. The van der Waals surface area contributed by atoms with Gasteiger partial charge in [0.15, 0.2) is 0 Å². The summed E-state index contributed by atoms with van der Waals surface area (Å²) in [6, 6.07) is 4.42. The molecule has 0 radical (unpaired) electrons. The molecule has 1 aliphatic heterocycles. The van der Waals surface area contributed by atoms with Gasteiger partial charge in [-0.3, -0.25) is 29.4 Å². The molecule has 2 amide bonds. The van der Waals surface area contributed by atoms with Crippen LogP contribution >= 0.6 is 11.8 Å². The summed E-state index contributed by atoms with van der Waals surface area (Å²) in [5.41, 5.74) is 0.465. The molecule has 9 heteroatoms. The topological polar surface area (TPSA) is 107 Å². The molecule has 0 N–H and O–H groups in total. The van der Waals surface area contributed by atoms with Gasteiger partial charge in [0.05, 0.1) is 10.2 Å². The summed E-state index contributed by atoms with van der Waals surface area (Å²) in [7, 11) is 0. The number of carbonyl (C=O) groups excluding carboxylic acids is 3. The molecule has 0 bridgehead atoms. The molecule has 8 nitrogen and oxygen atoms in total. The summed E-state index contributed by atoms with van der Waals surface area (Å²) in [5, 5.41) is 10.8. The number of benzene rings is 1. The first-order valence-electron chi connectivity index (χ1n) is 9.95. The molecule has 0 aliphatic carbocycles. The number of hydrogen-bond donors (Lipinski definition) is 0. The van der Waals surface area contributed by atoms with Gasteiger partial charge in [-0.2, -0.15) is 0 Å². The monoisotopic (exact) mass is 436 g/mol. The Hall–Kier alpha value is -2.42. The van der Waals surface area contributed by atoms with Crippen LogP contribution in [-0.4, -0.2) is 44.1 Å². The van der Waals surface area contributed by atoms with Gasteiger partial charge in [0.2, 0.25) is 17.6 Å². The number of nitro groups is 1. The van der Waals surface area contributed by atoms with Crippen LogP contribution in [0, 0.1) is 17.0 Å². The second-order valence-corrected chi connectivity index (χ2v) is 10.3. The first-order valence-corrected chi connectivity index (χ1v) is 10.8. The second kappa shape index (κ2) is 10.1. The highest BCUT2D eigenvalue weighted by molar-refractivity contribution is 8.01. The number of ether oxygens (including phenoxy) is 1. The van der Waals surface area contributed by atoms with Crippen molar-refractivity contribution in [2.75, 3.05) is 6.54 Å². The van der Waals surface area contributed by atoms with E-state index in [2.05, 4.69) is 0 Å². The number of hydrogen-bond acceptors (Lipinski definition) is 7. The first-order chi connectivity index (χ1) is 14.0. The van der Waals surface area contributed by atoms with E-state index >= 15 is 0 Å². The van der Waals surface area contributed by atoms with E-state index < -0.39 is 10.9 Å². The minimum Gasteiger partial charge on any atom is -0.419 e. The van der Waals surface area contributed by atoms with Crippen molar-refractivity contribution in [2.24, 2.45) is 0 Å². The highest BCUT2D eigenvalue weighted by atomic mass is 32.2. The third-order valence-electron chi connectivity index (χ3n) is 4.50. The van der Waals surface area contributed by atoms with Gasteiger partial charge in [0.25, 0.3) is 0 Å². The lowest BCUT2D eigenvalue weighted by Crippen LogP contribution is -2.33. The van der Waals surface area contributed by atoms with Gasteiger partial charge in [-0.25, -0.2) is 0 Å². The Morgan fingerprint density at radius 1 is 1.27 bits per heavy atom. The maximum atomic E-state index is 12.4. The normalized spacial score (nSPS) is 16.8. The molecule has 0 aromatic heterocycles. The minimum atomic E-state index is -0.578. The van der Waals surface area contributed by atoms with E-state index in [1.807, 2.05) is 20.8 Å². The van der Waals surface area contributed by atoms with Crippen molar-refractivity contribution in [1.29, 1.82) is 0 Å². The fourth-order valence-electron chi connectivity index (χ4n) is 3.15. The van der Waals surface area contributed by atoms with Gasteiger partial charge in [-0.1, -0.05) is 33.3 Å². The summed E-state index contributed by atoms with van der Waals surface area (Å²) in [6.07, 6.45) is 2.09. The van der Waals surface area contributed by atoms with Crippen LogP contribution in [0.25, 0.3) is 0 Å². The fraction of sp³-hybridized carbons (Fsp3) is 0.571.